The van der Waals surface area contributed by atoms with Gasteiger partial charge >= 0.3 is 18.2 Å². The molecule has 1 rings (SSSR count). The summed E-state index contributed by atoms with van der Waals surface area (Å²) in [5.41, 5.74) is 5.05. The lowest BCUT2D eigenvalue weighted by Crippen LogP contribution is -2.59. The maximum Gasteiger partial charge on any atom is 0.406 e. The van der Waals surface area contributed by atoms with Gasteiger partial charge in [0.2, 0.25) is 5.91 Å². The third kappa shape index (κ3) is 5.10. The number of carbonyl (C=O) groups excluding carboxylic acids is 2. The molecule has 1 heterocycles. The Bertz CT molecular complexity index is 429. The van der Waals surface area contributed by atoms with E-state index >= 15 is 0 Å². The molecule has 1 fully saturated rings. The summed E-state index contributed by atoms with van der Waals surface area (Å²) in [5.74, 6) is -2.54. The number of nitrogens with zero attached hydrogens (tertiary/aromatic N) is 2. The normalized spacial score (nSPS) is 19.2. The largest absolute Gasteiger partial charge is 0.480 e. The average molecular weight is 313 g/mol. The van der Waals surface area contributed by atoms with Gasteiger partial charge in [-0.05, 0) is 0 Å². The van der Waals surface area contributed by atoms with Crippen LogP contribution in [-0.4, -0.2) is 77.9 Å². The van der Waals surface area contributed by atoms with E-state index in [1.54, 1.807) is 0 Å². The molecule has 8 nitrogen and oxygen atoms in total. The van der Waals surface area contributed by atoms with E-state index in [2.05, 4.69) is 0 Å². The van der Waals surface area contributed by atoms with Crippen molar-refractivity contribution in [2.75, 3.05) is 32.8 Å². The van der Waals surface area contributed by atoms with Crippen LogP contribution in [0, 0.1) is 0 Å². The standard InChI is InChI=1S/C10H14F3N3O5/c11-10(12,13)5-15(3-7(17)18)9(20)16-1-2-21-4-6(16)8(14)19/h6H,1-5H2,(H2,14,19)(H,17,18). The van der Waals surface area contributed by atoms with E-state index in [1.807, 2.05) is 0 Å². The van der Waals surface area contributed by atoms with Gasteiger partial charge in [-0.15, -0.1) is 0 Å². The van der Waals surface area contributed by atoms with Crippen molar-refractivity contribution in [2.24, 2.45) is 5.73 Å². The molecule has 0 aromatic heterocycles. The number of urea groups is 1. The van der Waals surface area contributed by atoms with Gasteiger partial charge in [0.05, 0.1) is 13.2 Å². The van der Waals surface area contributed by atoms with Crippen LogP contribution in [0.5, 0.6) is 0 Å². The van der Waals surface area contributed by atoms with E-state index in [9.17, 15) is 27.6 Å². The van der Waals surface area contributed by atoms with E-state index in [4.69, 9.17) is 15.6 Å². The second-order valence-electron chi connectivity index (χ2n) is 4.33. The highest BCUT2D eigenvalue weighted by molar-refractivity contribution is 5.87. The van der Waals surface area contributed by atoms with E-state index in [-0.39, 0.29) is 24.7 Å². The molecule has 3 N–H and O–H groups in total. The first-order chi connectivity index (χ1) is 9.61. The van der Waals surface area contributed by atoms with Crippen molar-refractivity contribution >= 4 is 17.9 Å². The number of amides is 3. The minimum absolute atomic E-state index is 0.0163. The van der Waals surface area contributed by atoms with Crippen LogP contribution < -0.4 is 5.73 Å². The van der Waals surface area contributed by atoms with Crippen LogP contribution >= 0.6 is 0 Å². The molecular weight excluding hydrogens is 299 g/mol. The molecule has 1 unspecified atom stereocenters. The fraction of sp³-hybridized carbons (Fsp3) is 0.700. The zero-order valence-electron chi connectivity index (χ0n) is 10.8. The van der Waals surface area contributed by atoms with Gasteiger partial charge in [0.25, 0.3) is 0 Å². The Morgan fingerprint density at radius 1 is 1.38 bits per heavy atom. The first-order valence-electron chi connectivity index (χ1n) is 5.83. The van der Waals surface area contributed by atoms with Crippen molar-refractivity contribution in [2.45, 2.75) is 12.2 Å². The number of nitrogens with two attached hydrogens (primary N) is 1. The molecule has 0 radical (unpaired) electrons. The van der Waals surface area contributed by atoms with Gasteiger partial charge in [0.1, 0.15) is 19.1 Å². The predicted octanol–water partition coefficient (Wildman–Crippen LogP) is -0.759. The molecule has 0 bridgehead atoms. The van der Waals surface area contributed by atoms with Crippen molar-refractivity contribution in [1.29, 1.82) is 0 Å². The van der Waals surface area contributed by atoms with Crippen molar-refractivity contribution in [3.05, 3.63) is 0 Å². The highest BCUT2D eigenvalue weighted by Gasteiger charge is 2.39. The number of alkyl halides is 3. The van der Waals surface area contributed by atoms with E-state index in [0.29, 0.717) is 0 Å². The van der Waals surface area contributed by atoms with Crippen LogP contribution in [0.3, 0.4) is 0 Å². The summed E-state index contributed by atoms with van der Waals surface area (Å²) in [4.78, 5) is 34.7. The Balaban J connectivity index is 2.91. The van der Waals surface area contributed by atoms with E-state index in [1.165, 1.54) is 0 Å². The van der Waals surface area contributed by atoms with Gasteiger partial charge in [-0.1, -0.05) is 0 Å². The predicted molar refractivity (Wildman–Crippen MR) is 61.2 cm³/mol. The average Bonchev–Trinajstić information content (AvgIpc) is 2.34. The third-order valence-electron chi connectivity index (χ3n) is 2.67. The van der Waals surface area contributed by atoms with Crippen LogP contribution in [0.2, 0.25) is 0 Å². The molecule has 1 aliphatic rings. The third-order valence-corrected chi connectivity index (χ3v) is 2.67. The molecule has 0 spiro atoms. The van der Waals surface area contributed by atoms with Crippen LogP contribution in [0.25, 0.3) is 0 Å². The Labute approximate surface area is 117 Å². The Morgan fingerprint density at radius 2 is 2.00 bits per heavy atom. The number of carboxylic acid groups (broad SMARTS) is 1. The summed E-state index contributed by atoms with van der Waals surface area (Å²) >= 11 is 0. The summed E-state index contributed by atoms with van der Waals surface area (Å²) in [5, 5.41) is 8.61. The highest BCUT2D eigenvalue weighted by atomic mass is 19.4. The van der Waals surface area contributed by atoms with Crippen LogP contribution in [-0.2, 0) is 14.3 Å². The molecule has 21 heavy (non-hydrogen) atoms. The molecule has 0 aliphatic carbocycles. The maximum absolute atomic E-state index is 12.4. The number of carboxylic acids is 1. The number of carbonyl (C=O) groups is 3. The number of hydrogen-bond donors (Lipinski definition) is 2. The summed E-state index contributed by atoms with van der Waals surface area (Å²) in [6.45, 7) is -3.25. The Hall–Kier alpha value is -2.04. The maximum atomic E-state index is 12.4. The summed E-state index contributed by atoms with van der Waals surface area (Å²) < 4.78 is 42.2. The first-order valence-corrected chi connectivity index (χ1v) is 5.83. The second kappa shape index (κ2) is 6.61. The lowest BCUT2D eigenvalue weighted by Gasteiger charge is -2.37. The fourth-order valence-corrected chi connectivity index (χ4v) is 1.82. The van der Waals surface area contributed by atoms with Crippen LogP contribution in [0.15, 0.2) is 0 Å². The second-order valence-corrected chi connectivity index (χ2v) is 4.33. The van der Waals surface area contributed by atoms with Crippen LogP contribution in [0.4, 0.5) is 18.0 Å². The number of aliphatic carboxylic acids is 1. The van der Waals surface area contributed by atoms with Gasteiger partial charge < -0.3 is 25.4 Å². The minimum atomic E-state index is -4.76. The molecule has 0 aromatic rings. The number of rotatable bonds is 4. The fourth-order valence-electron chi connectivity index (χ4n) is 1.82. The van der Waals surface area contributed by atoms with Gasteiger partial charge in [0, 0.05) is 6.54 Å². The summed E-state index contributed by atoms with van der Waals surface area (Å²) in [6.07, 6.45) is -4.76. The van der Waals surface area contributed by atoms with Gasteiger partial charge in [-0.25, -0.2) is 4.79 Å². The Morgan fingerprint density at radius 3 is 2.48 bits per heavy atom. The van der Waals surface area contributed by atoms with Gasteiger partial charge in [-0.2, -0.15) is 13.2 Å². The zero-order chi connectivity index (χ0) is 16.2. The molecule has 3 amide bonds. The molecule has 0 aromatic carbocycles. The van der Waals surface area contributed by atoms with Gasteiger partial charge in [-0.3, -0.25) is 9.59 Å². The lowest BCUT2D eigenvalue weighted by molar-refractivity contribution is -0.150. The number of primary amides is 1. The lowest BCUT2D eigenvalue weighted by atomic mass is 10.2. The van der Waals surface area contributed by atoms with E-state index < -0.39 is 43.2 Å². The topological polar surface area (TPSA) is 113 Å². The minimum Gasteiger partial charge on any atom is -0.480 e. The quantitative estimate of drug-likeness (QED) is 0.708. The Kier molecular flexibility index (Phi) is 5.35. The number of hydrogen-bond acceptors (Lipinski definition) is 4. The SMILES string of the molecule is NC(=O)C1COCCN1C(=O)N(CC(=O)O)CC(F)(F)F. The molecule has 1 atom stereocenters. The van der Waals surface area contributed by atoms with Crippen molar-refractivity contribution in [3.63, 3.8) is 0 Å². The van der Waals surface area contributed by atoms with Crippen molar-refractivity contribution in [3.8, 4) is 0 Å². The number of ether oxygens (including phenoxy) is 1. The summed E-state index contributed by atoms with van der Waals surface area (Å²) in [7, 11) is 0. The first kappa shape index (κ1) is 17.0. The molecule has 120 valence electrons. The molecule has 1 aliphatic heterocycles. The van der Waals surface area contributed by atoms with Gasteiger partial charge in [0.15, 0.2) is 0 Å². The summed E-state index contributed by atoms with van der Waals surface area (Å²) in [6, 6.07) is -2.45. The highest BCUT2D eigenvalue weighted by Crippen LogP contribution is 2.19. The number of halogens is 3. The number of morpholine rings is 1. The smallest absolute Gasteiger partial charge is 0.406 e. The monoisotopic (exact) mass is 313 g/mol. The van der Waals surface area contributed by atoms with E-state index in [0.717, 1.165) is 4.90 Å². The zero-order valence-corrected chi connectivity index (χ0v) is 10.8. The molecule has 11 heteroatoms. The molecular formula is C10H14F3N3O5. The molecule has 1 saturated heterocycles. The van der Waals surface area contributed by atoms with Crippen molar-refractivity contribution in [1.82, 2.24) is 9.80 Å². The molecule has 0 saturated carbocycles. The van der Waals surface area contributed by atoms with Crippen LogP contribution in [0.1, 0.15) is 0 Å². The van der Waals surface area contributed by atoms with Crippen molar-refractivity contribution < 1.29 is 37.4 Å².